The van der Waals surface area contributed by atoms with Gasteiger partial charge in [0.05, 0.1) is 4.90 Å². The molecule has 0 heterocycles. The summed E-state index contributed by atoms with van der Waals surface area (Å²) in [7, 11) is -3.70. The number of benzene rings is 2. The number of rotatable bonds is 7. The van der Waals surface area contributed by atoms with Crippen LogP contribution in [0.1, 0.15) is 40.1 Å². The van der Waals surface area contributed by atoms with Crippen LogP contribution in [-0.4, -0.2) is 32.8 Å². The number of primary sulfonamides is 1. The molecule has 2 rings (SSSR count). The minimum Gasteiger partial charge on any atom is -0.352 e. The van der Waals surface area contributed by atoms with Gasteiger partial charge in [-0.1, -0.05) is 12.1 Å². The van der Waals surface area contributed by atoms with E-state index in [0.29, 0.717) is 24.1 Å². The van der Waals surface area contributed by atoms with Gasteiger partial charge in [0.15, 0.2) is 0 Å². The number of carbonyl (C=O) groups excluding carboxylic acids is 2. The molecule has 8 heteroatoms. The summed E-state index contributed by atoms with van der Waals surface area (Å²) < 4.78 is 22.4. The predicted molar refractivity (Wildman–Crippen MR) is 103 cm³/mol. The summed E-state index contributed by atoms with van der Waals surface area (Å²) >= 11 is 0. The molecule has 144 valence electrons. The van der Waals surface area contributed by atoms with Crippen molar-refractivity contribution in [3.8, 4) is 0 Å². The highest BCUT2D eigenvalue weighted by atomic mass is 32.2. The van der Waals surface area contributed by atoms with Gasteiger partial charge in [0.2, 0.25) is 10.0 Å². The van der Waals surface area contributed by atoms with Gasteiger partial charge < -0.3 is 10.6 Å². The Labute approximate surface area is 159 Å². The Hall–Kier alpha value is -2.71. The van der Waals surface area contributed by atoms with Crippen LogP contribution in [0.5, 0.6) is 0 Å². The highest BCUT2D eigenvalue weighted by Gasteiger charge is 2.10. The lowest BCUT2D eigenvalue weighted by molar-refractivity contribution is 0.0935. The first-order valence-corrected chi connectivity index (χ1v) is 10.0. The Morgan fingerprint density at radius 1 is 0.926 bits per heavy atom. The lowest BCUT2D eigenvalue weighted by Gasteiger charge is -2.09. The zero-order chi connectivity index (χ0) is 20.0. The molecule has 4 N–H and O–H groups in total. The number of carbonyl (C=O) groups is 2. The minimum atomic E-state index is -3.70. The quantitative estimate of drug-likeness (QED) is 0.664. The molecule has 2 aromatic rings. The fraction of sp³-hybridized carbons (Fsp3) is 0.263. The van der Waals surface area contributed by atoms with Crippen molar-refractivity contribution in [3.05, 3.63) is 65.2 Å². The zero-order valence-electron chi connectivity index (χ0n) is 15.2. The van der Waals surface area contributed by atoms with Crippen molar-refractivity contribution in [2.75, 3.05) is 6.54 Å². The number of sulfonamides is 1. The molecule has 0 aliphatic carbocycles. The molecular weight excluding hydrogens is 366 g/mol. The molecule has 0 unspecified atom stereocenters. The minimum absolute atomic E-state index is 0.0412. The van der Waals surface area contributed by atoms with Crippen LogP contribution < -0.4 is 15.8 Å². The third-order valence-corrected chi connectivity index (χ3v) is 4.71. The first-order valence-electron chi connectivity index (χ1n) is 8.47. The van der Waals surface area contributed by atoms with Gasteiger partial charge in [-0.15, -0.1) is 0 Å². The van der Waals surface area contributed by atoms with E-state index in [1.54, 1.807) is 36.4 Å². The molecule has 0 fully saturated rings. The Morgan fingerprint density at radius 2 is 1.44 bits per heavy atom. The van der Waals surface area contributed by atoms with E-state index in [-0.39, 0.29) is 22.8 Å². The second-order valence-electron chi connectivity index (χ2n) is 6.40. The van der Waals surface area contributed by atoms with Crippen molar-refractivity contribution in [1.82, 2.24) is 10.6 Å². The van der Waals surface area contributed by atoms with Crippen molar-refractivity contribution < 1.29 is 18.0 Å². The van der Waals surface area contributed by atoms with Crippen LogP contribution in [0.4, 0.5) is 0 Å². The second-order valence-corrected chi connectivity index (χ2v) is 7.96. The van der Waals surface area contributed by atoms with E-state index < -0.39 is 10.0 Å². The SMILES string of the molecule is CC(C)NC(=O)c1ccc(C(=O)NCCc2ccc(S(N)(=O)=O)cc2)cc1. The van der Waals surface area contributed by atoms with Crippen LogP contribution in [0.15, 0.2) is 53.4 Å². The summed E-state index contributed by atoms with van der Waals surface area (Å²) in [6, 6.07) is 12.7. The maximum absolute atomic E-state index is 12.2. The van der Waals surface area contributed by atoms with Gasteiger partial charge in [-0.25, -0.2) is 13.6 Å². The monoisotopic (exact) mass is 389 g/mol. The number of amides is 2. The van der Waals surface area contributed by atoms with Crippen molar-refractivity contribution >= 4 is 21.8 Å². The largest absolute Gasteiger partial charge is 0.352 e. The second kappa shape index (κ2) is 8.79. The van der Waals surface area contributed by atoms with Gasteiger partial charge in [0.1, 0.15) is 0 Å². The molecular formula is C19H23N3O4S. The van der Waals surface area contributed by atoms with E-state index in [0.717, 1.165) is 5.56 Å². The first-order chi connectivity index (χ1) is 12.7. The molecule has 0 saturated carbocycles. The first kappa shape index (κ1) is 20.6. The molecule has 2 aromatic carbocycles. The van der Waals surface area contributed by atoms with Gasteiger partial charge in [-0.2, -0.15) is 0 Å². The van der Waals surface area contributed by atoms with E-state index in [9.17, 15) is 18.0 Å². The number of hydrogen-bond donors (Lipinski definition) is 3. The van der Waals surface area contributed by atoms with Crippen molar-refractivity contribution in [1.29, 1.82) is 0 Å². The maximum atomic E-state index is 12.2. The van der Waals surface area contributed by atoms with Gasteiger partial charge >= 0.3 is 0 Å². The molecule has 0 aliphatic heterocycles. The summed E-state index contributed by atoms with van der Waals surface area (Å²) in [5.41, 5.74) is 1.83. The van der Waals surface area contributed by atoms with Crippen molar-refractivity contribution in [2.45, 2.75) is 31.2 Å². The van der Waals surface area contributed by atoms with E-state index in [1.165, 1.54) is 12.1 Å². The van der Waals surface area contributed by atoms with E-state index in [1.807, 2.05) is 13.8 Å². The summed E-state index contributed by atoms with van der Waals surface area (Å²) in [4.78, 5) is 24.1. The lowest BCUT2D eigenvalue weighted by Crippen LogP contribution is -2.30. The standard InChI is InChI=1S/C19H23N3O4S/c1-13(2)22-19(24)16-7-5-15(6-8-16)18(23)21-12-11-14-3-9-17(10-4-14)27(20,25)26/h3-10,13H,11-12H2,1-2H3,(H,21,23)(H,22,24)(H2,20,25,26). The lowest BCUT2D eigenvalue weighted by atomic mass is 10.1. The van der Waals surface area contributed by atoms with Crippen LogP contribution in [-0.2, 0) is 16.4 Å². The molecule has 0 radical (unpaired) electrons. The average molecular weight is 389 g/mol. The van der Waals surface area contributed by atoms with Crippen molar-refractivity contribution in [3.63, 3.8) is 0 Å². The van der Waals surface area contributed by atoms with Gasteiger partial charge in [0, 0.05) is 23.7 Å². The Balaban J connectivity index is 1.87. The molecule has 0 atom stereocenters. The number of nitrogens with two attached hydrogens (primary N) is 1. The fourth-order valence-corrected chi connectivity index (χ4v) is 2.90. The smallest absolute Gasteiger partial charge is 0.251 e. The molecule has 0 aliphatic rings. The van der Waals surface area contributed by atoms with Gasteiger partial charge in [-0.05, 0) is 62.2 Å². The van der Waals surface area contributed by atoms with Crippen LogP contribution in [0.2, 0.25) is 0 Å². The third-order valence-electron chi connectivity index (χ3n) is 3.78. The molecule has 0 aromatic heterocycles. The summed E-state index contributed by atoms with van der Waals surface area (Å²) in [5, 5.41) is 10.6. The van der Waals surface area contributed by atoms with Gasteiger partial charge in [0.25, 0.3) is 11.8 Å². The molecule has 27 heavy (non-hydrogen) atoms. The van der Waals surface area contributed by atoms with Crippen molar-refractivity contribution in [2.24, 2.45) is 5.14 Å². The Bertz CT molecular complexity index is 905. The zero-order valence-corrected chi connectivity index (χ0v) is 16.0. The van der Waals surface area contributed by atoms with Crippen LogP contribution in [0.3, 0.4) is 0 Å². The number of nitrogens with one attached hydrogen (secondary N) is 2. The van der Waals surface area contributed by atoms with E-state index in [4.69, 9.17) is 5.14 Å². The summed E-state index contributed by atoms with van der Waals surface area (Å²) in [5.74, 6) is -0.424. The Morgan fingerprint density at radius 3 is 1.93 bits per heavy atom. The predicted octanol–water partition coefficient (Wildman–Crippen LogP) is 1.44. The summed E-state index contributed by atoms with van der Waals surface area (Å²) in [6.45, 7) is 4.15. The molecule has 2 amide bonds. The maximum Gasteiger partial charge on any atom is 0.251 e. The molecule has 7 nitrogen and oxygen atoms in total. The average Bonchev–Trinajstić information content (AvgIpc) is 2.61. The Kier molecular flexibility index (Phi) is 6.70. The fourth-order valence-electron chi connectivity index (χ4n) is 2.39. The van der Waals surface area contributed by atoms with E-state index >= 15 is 0 Å². The highest BCUT2D eigenvalue weighted by molar-refractivity contribution is 7.89. The van der Waals surface area contributed by atoms with Crippen LogP contribution in [0.25, 0.3) is 0 Å². The number of hydrogen-bond acceptors (Lipinski definition) is 4. The van der Waals surface area contributed by atoms with Crippen LogP contribution in [0, 0.1) is 0 Å². The summed E-state index contributed by atoms with van der Waals surface area (Å²) in [6.07, 6.45) is 0.547. The molecule has 0 spiro atoms. The molecule has 0 bridgehead atoms. The van der Waals surface area contributed by atoms with E-state index in [2.05, 4.69) is 10.6 Å². The molecule has 0 saturated heterocycles. The topological polar surface area (TPSA) is 118 Å². The third kappa shape index (κ3) is 6.19. The normalized spacial score (nSPS) is 11.3. The van der Waals surface area contributed by atoms with Crippen LogP contribution >= 0.6 is 0 Å². The highest BCUT2D eigenvalue weighted by Crippen LogP contribution is 2.09. The van der Waals surface area contributed by atoms with Gasteiger partial charge in [-0.3, -0.25) is 9.59 Å².